The number of carbonyl (C=O) groups excluding carboxylic acids is 1. The molecule has 2 rings (SSSR count). The number of hydrogen-bond donors (Lipinski definition) is 0. The van der Waals surface area contributed by atoms with E-state index in [-0.39, 0.29) is 34.0 Å². The van der Waals surface area contributed by atoms with Gasteiger partial charge in [-0.15, -0.1) is 0 Å². The van der Waals surface area contributed by atoms with Crippen LogP contribution in [0.5, 0.6) is 0 Å². The first-order chi connectivity index (χ1) is 9.93. The van der Waals surface area contributed by atoms with Crippen LogP contribution in [0, 0.1) is 0 Å². The van der Waals surface area contributed by atoms with E-state index in [4.69, 9.17) is 32.8 Å². The van der Waals surface area contributed by atoms with Gasteiger partial charge in [-0.3, -0.25) is 4.84 Å². The summed E-state index contributed by atoms with van der Waals surface area (Å²) in [6, 6.07) is -0.0855. The Bertz CT molecular complexity index is 537. The molecule has 9 heteroatoms. The number of methoxy groups -OCH3 is 1. The van der Waals surface area contributed by atoms with Crippen LogP contribution < -0.4 is 5.06 Å². The Kier molecular flexibility index (Phi) is 5.21. The first-order valence-corrected chi connectivity index (χ1v) is 7.04. The van der Waals surface area contributed by atoms with Crippen molar-refractivity contribution in [3.63, 3.8) is 0 Å². The zero-order valence-electron chi connectivity index (χ0n) is 11.8. The number of esters is 1. The van der Waals surface area contributed by atoms with Crippen molar-refractivity contribution in [2.75, 3.05) is 25.4 Å². The maximum atomic E-state index is 11.7. The van der Waals surface area contributed by atoms with E-state index in [2.05, 4.69) is 14.7 Å². The van der Waals surface area contributed by atoms with Crippen LogP contribution in [0.3, 0.4) is 0 Å². The first-order valence-electron chi connectivity index (χ1n) is 6.29. The van der Waals surface area contributed by atoms with Crippen molar-refractivity contribution in [2.24, 2.45) is 0 Å². The highest BCUT2D eigenvalue weighted by Crippen LogP contribution is 2.30. The number of anilines is 1. The third-order valence-corrected chi connectivity index (χ3v) is 3.18. The van der Waals surface area contributed by atoms with Gasteiger partial charge in [0.2, 0.25) is 5.28 Å². The maximum absolute atomic E-state index is 11.7. The molecule has 0 aliphatic carbocycles. The van der Waals surface area contributed by atoms with E-state index in [1.807, 2.05) is 13.8 Å². The molecule has 1 aromatic rings. The summed E-state index contributed by atoms with van der Waals surface area (Å²) in [4.78, 5) is 25.2. The largest absolute Gasteiger partial charge is 0.464 e. The lowest BCUT2D eigenvalue weighted by molar-refractivity contribution is 0.0592. The van der Waals surface area contributed by atoms with Crippen molar-refractivity contribution in [3.8, 4) is 0 Å². The molecular weight excluding hydrogens is 321 g/mol. The van der Waals surface area contributed by atoms with Gasteiger partial charge in [0.15, 0.2) is 11.5 Å². The van der Waals surface area contributed by atoms with Gasteiger partial charge in [0.1, 0.15) is 17.7 Å². The van der Waals surface area contributed by atoms with Crippen molar-refractivity contribution in [1.29, 1.82) is 0 Å². The van der Waals surface area contributed by atoms with Crippen molar-refractivity contribution >= 4 is 35.0 Å². The van der Waals surface area contributed by atoms with E-state index < -0.39 is 5.97 Å². The van der Waals surface area contributed by atoms with Gasteiger partial charge in [0.25, 0.3) is 0 Å². The standard InChI is InChI=1S/C12H15Cl2N3O4/c1-6(2)17(21-5-7-4-20-7)10-8(13)9(11(18)19-3)15-12(14)16-10/h6-7H,4-5H2,1-3H3. The van der Waals surface area contributed by atoms with E-state index in [1.54, 1.807) is 0 Å². The lowest BCUT2D eigenvalue weighted by Crippen LogP contribution is -2.34. The minimum atomic E-state index is -0.695. The number of ether oxygens (including phenoxy) is 2. The summed E-state index contributed by atoms with van der Waals surface area (Å²) in [5.41, 5.74) is -0.105. The van der Waals surface area contributed by atoms with E-state index in [0.717, 1.165) is 0 Å². The molecule has 1 aliphatic heterocycles. The van der Waals surface area contributed by atoms with Crippen molar-refractivity contribution in [3.05, 3.63) is 16.0 Å². The third kappa shape index (κ3) is 3.94. The fourth-order valence-electron chi connectivity index (χ4n) is 1.57. The van der Waals surface area contributed by atoms with E-state index in [1.165, 1.54) is 12.2 Å². The average molecular weight is 336 g/mol. The van der Waals surface area contributed by atoms with Gasteiger partial charge in [0.05, 0.1) is 19.8 Å². The summed E-state index contributed by atoms with van der Waals surface area (Å²) < 4.78 is 9.71. The quantitative estimate of drug-likeness (QED) is 0.341. The molecule has 0 N–H and O–H groups in total. The van der Waals surface area contributed by atoms with Gasteiger partial charge in [0, 0.05) is 0 Å². The molecule has 1 fully saturated rings. The van der Waals surface area contributed by atoms with Crippen LogP contribution in [-0.4, -0.2) is 48.4 Å². The number of hydrogen-bond acceptors (Lipinski definition) is 7. The van der Waals surface area contributed by atoms with E-state index in [0.29, 0.717) is 13.2 Å². The van der Waals surface area contributed by atoms with Gasteiger partial charge in [-0.05, 0) is 25.4 Å². The predicted octanol–water partition coefficient (Wildman–Crippen LogP) is 2.12. The first kappa shape index (κ1) is 16.2. The molecule has 0 saturated carbocycles. The van der Waals surface area contributed by atoms with Crippen LogP contribution >= 0.6 is 23.2 Å². The summed E-state index contributed by atoms with van der Waals surface area (Å²) in [7, 11) is 1.23. The fraction of sp³-hybridized carbons (Fsp3) is 0.583. The molecule has 0 radical (unpaired) electrons. The molecule has 0 spiro atoms. The number of aromatic nitrogens is 2. The Balaban J connectivity index is 2.33. The number of carbonyl (C=O) groups is 1. The lowest BCUT2D eigenvalue weighted by atomic mass is 10.3. The molecule has 0 aromatic carbocycles. The number of nitrogens with zero attached hydrogens (tertiary/aromatic N) is 3. The lowest BCUT2D eigenvalue weighted by Gasteiger charge is -2.27. The zero-order chi connectivity index (χ0) is 15.6. The van der Waals surface area contributed by atoms with Crippen LogP contribution in [-0.2, 0) is 14.3 Å². The molecule has 0 amide bonds. The normalized spacial score (nSPS) is 17.0. The topological polar surface area (TPSA) is 77.1 Å². The Morgan fingerprint density at radius 1 is 1.48 bits per heavy atom. The molecule has 116 valence electrons. The van der Waals surface area contributed by atoms with Crippen molar-refractivity contribution in [2.45, 2.75) is 26.0 Å². The Hall–Kier alpha value is -1.15. The second-order valence-corrected chi connectivity index (χ2v) is 5.36. The number of halogens is 2. The Morgan fingerprint density at radius 2 is 2.14 bits per heavy atom. The summed E-state index contributed by atoms with van der Waals surface area (Å²) in [5.74, 6) is -0.479. The molecule has 1 unspecified atom stereocenters. The van der Waals surface area contributed by atoms with Crippen molar-refractivity contribution in [1.82, 2.24) is 9.97 Å². The third-order valence-electron chi connectivity index (χ3n) is 2.66. The second-order valence-electron chi connectivity index (χ2n) is 4.64. The average Bonchev–Trinajstić information content (AvgIpc) is 3.25. The van der Waals surface area contributed by atoms with Gasteiger partial charge in [-0.2, -0.15) is 4.98 Å². The molecule has 2 heterocycles. The molecule has 1 aliphatic rings. The second kappa shape index (κ2) is 6.74. The van der Waals surface area contributed by atoms with Crippen LogP contribution in [0.1, 0.15) is 24.3 Å². The SMILES string of the molecule is COC(=O)c1nc(Cl)nc(N(OCC2CO2)C(C)C)c1Cl. The van der Waals surface area contributed by atoms with Gasteiger partial charge >= 0.3 is 5.97 Å². The molecule has 1 atom stereocenters. The fourth-order valence-corrected chi connectivity index (χ4v) is 1.98. The smallest absolute Gasteiger partial charge is 0.358 e. The monoisotopic (exact) mass is 335 g/mol. The minimum absolute atomic E-state index is 0.0247. The molecule has 1 aromatic heterocycles. The van der Waals surface area contributed by atoms with Crippen LogP contribution in [0.2, 0.25) is 10.3 Å². The van der Waals surface area contributed by atoms with Gasteiger partial charge < -0.3 is 9.47 Å². The highest BCUT2D eigenvalue weighted by atomic mass is 35.5. The number of hydroxylamine groups is 1. The highest BCUT2D eigenvalue weighted by molar-refractivity contribution is 6.36. The van der Waals surface area contributed by atoms with E-state index in [9.17, 15) is 4.79 Å². The van der Waals surface area contributed by atoms with Crippen LogP contribution in [0.4, 0.5) is 5.82 Å². The predicted molar refractivity (Wildman–Crippen MR) is 76.7 cm³/mol. The molecule has 7 nitrogen and oxygen atoms in total. The summed E-state index contributed by atoms with van der Waals surface area (Å²) in [6.45, 7) is 4.80. The van der Waals surface area contributed by atoms with E-state index >= 15 is 0 Å². The van der Waals surface area contributed by atoms with Crippen LogP contribution in [0.25, 0.3) is 0 Å². The number of epoxide rings is 1. The van der Waals surface area contributed by atoms with Crippen molar-refractivity contribution < 1.29 is 19.1 Å². The molecular formula is C12H15Cl2N3O4. The summed E-state index contributed by atoms with van der Waals surface area (Å²) in [6.07, 6.45) is 0.0717. The maximum Gasteiger partial charge on any atom is 0.358 e. The Morgan fingerprint density at radius 3 is 2.67 bits per heavy atom. The van der Waals surface area contributed by atoms with Crippen LogP contribution in [0.15, 0.2) is 0 Å². The molecule has 0 bridgehead atoms. The summed E-state index contributed by atoms with van der Waals surface area (Å²) in [5, 5.41) is 1.38. The van der Waals surface area contributed by atoms with Gasteiger partial charge in [-0.25, -0.2) is 14.8 Å². The zero-order valence-corrected chi connectivity index (χ0v) is 13.3. The highest BCUT2D eigenvalue weighted by Gasteiger charge is 2.28. The Labute approximate surface area is 132 Å². The minimum Gasteiger partial charge on any atom is -0.464 e. The molecule has 1 saturated heterocycles. The van der Waals surface area contributed by atoms with Gasteiger partial charge in [-0.1, -0.05) is 11.6 Å². The number of rotatable bonds is 6. The summed E-state index contributed by atoms with van der Waals surface area (Å²) >= 11 is 12.0. The molecule has 21 heavy (non-hydrogen) atoms.